The van der Waals surface area contributed by atoms with Gasteiger partial charge in [0, 0.05) is 11.6 Å². The van der Waals surface area contributed by atoms with Crippen molar-refractivity contribution in [1.82, 2.24) is 25.0 Å². The zero-order valence-electron chi connectivity index (χ0n) is 15.6. The first-order valence-electron chi connectivity index (χ1n) is 9.00. The monoisotopic (exact) mass is 407 g/mol. The van der Waals surface area contributed by atoms with Crippen molar-refractivity contribution in [2.45, 2.75) is 44.8 Å². The third-order valence-corrected chi connectivity index (χ3v) is 5.29. The second kappa shape index (κ2) is 6.50. The van der Waals surface area contributed by atoms with Crippen LogP contribution in [0.25, 0.3) is 11.4 Å². The minimum Gasteiger partial charge on any atom is -0.311 e. The lowest BCUT2D eigenvalue weighted by atomic mass is 9.82. The van der Waals surface area contributed by atoms with E-state index in [-0.39, 0.29) is 11.1 Å². The molecule has 0 unspecified atom stereocenters. The first-order valence-corrected chi connectivity index (χ1v) is 9.00. The van der Waals surface area contributed by atoms with Gasteiger partial charge in [-0.05, 0) is 45.2 Å². The van der Waals surface area contributed by atoms with Crippen molar-refractivity contribution in [3.8, 4) is 11.4 Å². The maximum absolute atomic E-state index is 14.7. The molecule has 0 radical (unpaired) electrons. The Balaban J connectivity index is 1.84. The maximum atomic E-state index is 14.7. The summed E-state index contributed by atoms with van der Waals surface area (Å²) >= 11 is 0. The summed E-state index contributed by atoms with van der Waals surface area (Å²) in [6.45, 7) is 3.36. The van der Waals surface area contributed by atoms with Crippen molar-refractivity contribution in [2.75, 3.05) is 0 Å². The van der Waals surface area contributed by atoms with Crippen molar-refractivity contribution in [3.63, 3.8) is 0 Å². The number of fused-ring (bicyclic) bond motifs is 1. The second-order valence-electron chi connectivity index (χ2n) is 7.33. The number of aryl methyl sites for hydroxylation is 1. The van der Waals surface area contributed by atoms with Crippen molar-refractivity contribution in [2.24, 2.45) is 0 Å². The maximum Gasteiger partial charge on any atom is 0.416 e. The number of rotatable bonds is 2. The summed E-state index contributed by atoms with van der Waals surface area (Å²) in [6, 6.07) is 3.85. The van der Waals surface area contributed by atoms with Crippen LogP contribution >= 0.6 is 0 Å². The molecule has 0 saturated carbocycles. The molecule has 0 aliphatic carbocycles. The molecule has 3 heterocycles. The quantitative estimate of drug-likeness (QED) is 0.659. The normalized spacial score (nSPS) is 19.2. The Labute approximate surface area is 162 Å². The second-order valence-corrected chi connectivity index (χ2v) is 7.33. The van der Waals surface area contributed by atoms with Crippen molar-refractivity contribution >= 4 is 0 Å². The van der Waals surface area contributed by atoms with E-state index in [1.807, 2.05) is 0 Å². The van der Waals surface area contributed by atoms with Gasteiger partial charge in [-0.2, -0.15) is 13.2 Å². The zero-order chi connectivity index (χ0) is 21.0. The van der Waals surface area contributed by atoms with Gasteiger partial charge in [0.1, 0.15) is 23.0 Å². The molecule has 6 nitrogen and oxygen atoms in total. The SMILES string of the molecule is Cc1nc(-c2nnn3c2CCC[C@@]3(C)c2ccc(C(F)(F)F)cc2F)cc(=O)[nH]1. The molecule has 1 aromatic carbocycles. The molecule has 1 aliphatic heterocycles. The number of alkyl halides is 3. The van der Waals surface area contributed by atoms with Gasteiger partial charge >= 0.3 is 6.18 Å². The van der Waals surface area contributed by atoms with Crippen LogP contribution in [0.5, 0.6) is 0 Å². The van der Waals surface area contributed by atoms with Crippen LogP contribution in [0.3, 0.4) is 0 Å². The van der Waals surface area contributed by atoms with Crippen LogP contribution in [-0.2, 0) is 18.1 Å². The average Bonchev–Trinajstić information content (AvgIpc) is 3.05. The Bertz CT molecular complexity index is 1150. The highest BCUT2D eigenvalue weighted by Gasteiger charge is 2.40. The molecular formula is C19H17F4N5O. The predicted molar refractivity (Wildman–Crippen MR) is 95.7 cm³/mol. The van der Waals surface area contributed by atoms with Crippen LogP contribution in [-0.4, -0.2) is 25.0 Å². The Morgan fingerprint density at radius 2 is 2.00 bits per heavy atom. The molecule has 1 aliphatic rings. The molecule has 0 saturated heterocycles. The topological polar surface area (TPSA) is 76.5 Å². The fourth-order valence-electron chi connectivity index (χ4n) is 3.91. The van der Waals surface area contributed by atoms with E-state index >= 15 is 0 Å². The lowest BCUT2D eigenvalue weighted by Gasteiger charge is -2.35. The van der Waals surface area contributed by atoms with E-state index in [0.717, 1.165) is 12.1 Å². The van der Waals surface area contributed by atoms with Crippen LogP contribution in [0.4, 0.5) is 17.6 Å². The summed E-state index contributed by atoms with van der Waals surface area (Å²) in [5, 5.41) is 8.31. The van der Waals surface area contributed by atoms with Gasteiger partial charge in [0.25, 0.3) is 5.56 Å². The standard InChI is InChI=1S/C19H17F4N5O/c1-10-24-14(9-16(29)25-10)17-15-4-3-7-18(2,28(15)27-26-17)12-6-5-11(8-13(12)20)19(21,22)23/h5-6,8-9H,3-4,7H2,1-2H3,(H,24,25,29)/t18-/m0/s1. The van der Waals surface area contributed by atoms with Gasteiger partial charge in [-0.1, -0.05) is 11.3 Å². The number of nitrogens with zero attached hydrogens (tertiary/aromatic N) is 4. The van der Waals surface area contributed by atoms with Crippen LogP contribution < -0.4 is 5.56 Å². The molecule has 10 heteroatoms. The highest BCUT2D eigenvalue weighted by molar-refractivity contribution is 5.57. The fourth-order valence-corrected chi connectivity index (χ4v) is 3.91. The van der Waals surface area contributed by atoms with E-state index < -0.39 is 23.1 Å². The molecule has 0 spiro atoms. The number of halogens is 4. The Hall–Kier alpha value is -3.04. The predicted octanol–water partition coefficient (Wildman–Crippen LogP) is 3.59. The van der Waals surface area contributed by atoms with Crippen molar-refractivity contribution in [1.29, 1.82) is 0 Å². The average molecular weight is 407 g/mol. The number of hydrogen-bond acceptors (Lipinski definition) is 4. The van der Waals surface area contributed by atoms with E-state index in [1.165, 1.54) is 10.7 Å². The minimum absolute atomic E-state index is 0.109. The lowest BCUT2D eigenvalue weighted by Crippen LogP contribution is -2.38. The van der Waals surface area contributed by atoms with Gasteiger partial charge in [0.15, 0.2) is 0 Å². The highest BCUT2D eigenvalue weighted by atomic mass is 19.4. The molecule has 0 amide bonds. The third-order valence-electron chi connectivity index (χ3n) is 5.29. The zero-order valence-corrected chi connectivity index (χ0v) is 15.6. The minimum atomic E-state index is -4.62. The summed E-state index contributed by atoms with van der Waals surface area (Å²) < 4.78 is 55.0. The summed E-state index contributed by atoms with van der Waals surface area (Å²) in [6.07, 6.45) is -2.91. The van der Waals surface area contributed by atoms with Crippen LogP contribution in [0.15, 0.2) is 29.1 Å². The molecule has 1 atom stereocenters. The largest absolute Gasteiger partial charge is 0.416 e. The molecule has 3 aromatic rings. The summed E-state index contributed by atoms with van der Waals surface area (Å²) in [4.78, 5) is 18.6. The first kappa shape index (κ1) is 19.3. The Morgan fingerprint density at radius 3 is 2.66 bits per heavy atom. The first-order chi connectivity index (χ1) is 13.6. The van der Waals surface area contributed by atoms with Gasteiger partial charge in [0.2, 0.25) is 0 Å². The molecule has 1 N–H and O–H groups in total. The number of aromatic amines is 1. The van der Waals surface area contributed by atoms with Crippen molar-refractivity contribution in [3.05, 3.63) is 63.1 Å². The number of benzene rings is 1. The van der Waals surface area contributed by atoms with Gasteiger partial charge in [0.05, 0.1) is 16.8 Å². The molecule has 0 bridgehead atoms. The van der Waals surface area contributed by atoms with E-state index in [2.05, 4.69) is 20.3 Å². The molecule has 152 valence electrons. The van der Waals surface area contributed by atoms with Crippen LogP contribution in [0.1, 0.15) is 42.4 Å². The molecule has 4 rings (SSSR count). The fraction of sp³-hybridized carbons (Fsp3) is 0.368. The molecular weight excluding hydrogens is 390 g/mol. The number of aromatic nitrogens is 5. The van der Waals surface area contributed by atoms with Gasteiger partial charge in [-0.15, -0.1) is 5.10 Å². The summed E-state index contributed by atoms with van der Waals surface area (Å²) in [7, 11) is 0. The van der Waals surface area contributed by atoms with E-state index in [0.29, 0.717) is 48.2 Å². The number of H-pyrrole nitrogens is 1. The Morgan fingerprint density at radius 1 is 1.24 bits per heavy atom. The van der Waals surface area contributed by atoms with E-state index in [9.17, 15) is 22.4 Å². The van der Waals surface area contributed by atoms with Crippen LogP contribution in [0, 0.1) is 12.7 Å². The van der Waals surface area contributed by atoms with Crippen LogP contribution in [0.2, 0.25) is 0 Å². The molecule has 29 heavy (non-hydrogen) atoms. The van der Waals surface area contributed by atoms with E-state index in [1.54, 1.807) is 13.8 Å². The molecule has 2 aromatic heterocycles. The van der Waals surface area contributed by atoms with Gasteiger partial charge in [-0.25, -0.2) is 14.1 Å². The summed E-state index contributed by atoms with van der Waals surface area (Å²) in [5.41, 5.74) is -0.846. The lowest BCUT2D eigenvalue weighted by molar-refractivity contribution is -0.137. The highest BCUT2D eigenvalue weighted by Crippen LogP contribution is 2.40. The van der Waals surface area contributed by atoms with E-state index in [4.69, 9.17) is 0 Å². The van der Waals surface area contributed by atoms with Gasteiger partial charge < -0.3 is 4.98 Å². The Kier molecular flexibility index (Phi) is 4.32. The van der Waals surface area contributed by atoms with Gasteiger partial charge in [-0.3, -0.25) is 4.79 Å². The summed E-state index contributed by atoms with van der Waals surface area (Å²) in [5.74, 6) is -0.529. The molecule has 0 fully saturated rings. The number of hydrogen-bond donors (Lipinski definition) is 1. The number of nitrogens with one attached hydrogen (secondary N) is 1. The smallest absolute Gasteiger partial charge is 0.311 e. The van der Waals surface area contributed by atoms with Crippen molar-refractivity contribution < 1.29 is 17.6 Å². The third kappa shape index (κ3) is 3.22.